The van der Waals surface area contributed by atoms with Crippen molar-refractivity contribution in [2.45, 2.75) is 37.2 Å². The summed E-state index contributed by atoms with van der Waals surface area (Å²) in [5.74, 6) is -12.0. The molecule has 0 amide bonds. The molecule has 0 unspecified atom stereocenters. The average Bonchev–Trinajstić information content (AvgIpc) is 3.50. The highest BCUT2D eigenvalue weighted by atomic mass is 32.2. The van der Waals surface area contributed by atoms with E-state index in [-0.39, 0.29) is 11.5 Å². The highest BCUT2D eigenvalue weighted by Crippen LogP contribution is 2.38. The fourth-order valence-electron chi connectivity index (χ4n) is 2.95. The number of ether oxygens (including phenoxy) is 1. The summed E-state index contributed by atoms with van der Waals surface area (Å²) >= 11 is 0. The maximum Gasteiger partial charge on any atom is 0.249 e. The maximum atomic E-state index is 14.1. The second kappa shape index (κ2) is 7.45. The summed E-state index contributed by atoms with van der Waals surface area (Å²) in [5, 5.41) is 9.90. The van der Waals surface area contributed by atoms with Crippen molar-refractivity contribution in [1.29, 1.82) is 0 Å². The molecule has 2 aromatic rings. The number of phenolic OH excluding ortho intramolecular Hbond substituents is 1. The number of methoxy groups -OCH3 is 1. The van der Waals surface area contributed by atoms with Crippen LogP contribution in [0, 0.1) is 36.0 Å². The van der Waals surface area contributed by atoms with E-state index in [0.717, 1.165) is 0 Å². The summed E-state index contributed by atoms with van der Waals surface area (Å²) in [4.78, 5) is -1.89. The molecule has 0 heterocycles. The van der Waals surface area contributed by atoms with Gasteiger partial charge in [0.15, 0.2) is 39.7 Å². The molecule has 1 saturated carbocycles. The van der Waals surface area contributed by atoms with Gasteiger partial charge in [-0.05, 0) is 37.0 Å². The van der Waals surface area contributed by atoms with Crippen molar-refractivity contribution < 1.29 is 40.2 Å². The zero-order chi connectivity index (χ0) is 21.7. The van der Waals surface area contributed by atoms with Crippen molar-refractivity contribution in [3.05, 3.63) is 52.3 Å². The van der Waals surface area contributed by atoms with Gasteiger partial charge in [0.25, 0.3) is 0 Å². The quantitative estimate of drug-likeness (QED) is 0.425. The molecule has 1 N–H and O–H groups in total. The number of nitrogens with zero attached hydrogens (tertiary/aromatic N) is 1. The Morgan fingerprint density at radius 2 is 1.55 bits per heavy atom. The summed E-state index contributed by atoms with van der Waals surface area (Å²) in [6.45, 7) is 1.12. The highest BCUT2D eigenvalue weighted by Gasteiger charge is 2.43. The van der Waals surface area contributed by atoms with E-state index >= 15 is 0 Å². The number of sulfonamides is 1. The molecule has 2 aromatic carbocycles. The molecule has 0 spiro atoms. The fraction of sp³-hybridized carbons (Fsp3) is 0.333. The van der Waals surface area contributed by atoms with Crippen molar-refractivity contribution in [1.82, 2.24) is 4.31 Å². The topological polar surface area (TPSA) is 66.8 Å². The minimum absolute atomic E-state index is 0.0457. The van der Waals surface area contributed by atoms with Gasteiger partial charge in [0.1, 0.15) is 0 Å². The van der Waals surface area contributed by atoms with Crippen LogP contribution in [0.15, 0.2) is 17.0 Å². The Balaban J connectivity index is 2.11. The summed E-state index contributed by atoms with van der Waals surface area (Å²) in [6.07, 6.45) is 0.728. The minimum Gasteiger partial charge on any atom is -0.504 e. The Morgan fingerprint density at radius 1 is 1.03 bits per heavy atom. The molecule has 5 nitrogen and oxygen atoms in total. The summed E-state index contributed by atoms with van der Waals surface area (Å²) < 4.78 is 100. The van der Waals surface area contributed by atoms with Gasteiger partial charge in [0.05, 0.1) is 7.11 Å². The lowest BCUT2D eigenvalue weighted by atomic mass is 10.1. The summed E-state index contributed by atoms with van der Waals surface area (Å²) in [5.41, 5.74) is 0.653. The largest absolute Gasteiger partial charge is 0.504 e. The van der Waals surface area contributed by atoms with Crippen LogP contribution < -0.4 is 4.74 Å². The molecule has 1 aliphatic rings. The third kappa shape index (κ3) is 3.64. The minimum atomic E-state index is -5.07. The first-order valence-corrected chi connectivity index (χ1v) is 9.84. The van der Waals surface area contributed by atoms with Gasteiger partial charge in [-0.2, -0.15) is 4.31 Å². The van der Waals surface area contributed by atoms with E-state index in [9.17, 15) is 35.5 Å². The number of halogens is 5. The van der Waals surface area contributed by atoms with Crippen LogP contribution in [0.4, 0.5) is 22.0 Å². The van der Waals surface area contributed by atoms with Crippen molar-refractivity contribution in [2.24, 2.45) is 0 Å². The zero-order valence-corrected chi connectivity index (χ0v) is 16.1. The van der Waals surface area contributed by atoms with Crippen molar-refractivity contribution in [3.8, 4) is 11.5 Å². The average molecular weight is 437 g/mol. The Kier molecular flexibility index (Phi) is 5.48. The van der Waals surface area contributed by atoms with E-state index in [1.165, 1.54) is 26.2 Å². The molecule has 29 heavy (non-hydrogen) atoms. The fourth-order valence-corrected chi connectivity index (χ4v) is 4.74. The van der Waals surface area contributed by atoms with E-state index < -0.39 is 56.6 Å². The predicted molar refractivity (Wildman–Crippen MR) is 91.4 cm³/mol. The van der Waals surface area contributed by atoms with Gasteiger partial charge in [0.2, 0.25) is 15.8 Å². The summed E-state index contributed by atoms with van der Waals surface area (Å²) in [7, 11) is -3.79. The molecule has 3 rings (SSSR count). The van der Waals surface area contributed by atoms with E-state index in [0.29, 0.717) is 28.3 Å². The molecule has 0 bridgehead atoms. The first-order valence-electron chi connectivity index (χ1n) is 8.40. The van der Waals surface area contributed by atoms with Crippen molar-refractivity contribution >= 4 is 10.0 Å². The monoisotopic (exact) mass is 437 g/mol. The third-order valence-corrected chi connectivity index (χ3v) is 6.49. The third-order valence-electron chi connectivity index (χ3n) is 4.57. The maximum absolute atomic E-state index is 14.1. The first-order chi connectivity index (χ1) is 13.5. The van der Waals surface area contributed by atoms with Gasteiger partial charge in [-0.15, -0.1) is 0 Å². The molecule has 1 aliphatic carbocycles. The van der Waals surface area contributed by atoms with Crippen LogP contribution >= 0.6 is 0 Å². The molecular weight excluding hydrogens is 421 g/mol. The van der Waals surface area contributed by atoms with E-state index in [1.54, 1.807) is 0 Å². The van der Waals surface area contributed by atoms with Crippen molar-refractivity contribution in [2.75, 3.05) is 7.11 Å². The Morgan fingerprint density at radius 3 is 2.03 bits per heavy atom. The van der Waals surface area contributed by atoms with Gasteiger partial charge in [-0.3, -0.25) is 0 Å². The molecule has 11 heteroatoms. The number of aromatic hydroxyl groups is 1. The number of benzene rings is 2. The second-order valence-electron chi connectivity index (χ2n) is 6.64. The van der Waals surface area contributed by atoms with Crippen molar-refractivity contribution in [3.63, 3.8) is 0 Å². The van der Waals surface area contributed by atoms with E-state index in [4.69, 9.17) is 4.74 Å². The molecule has 0 radical (unpaired) electrons. The smallest absolute Gasteiger partial charge is 0.249 e. The van der Waals surface area contributed by atoms with Crippen LogP contribution in [0.2, 0.25) is 0 Å². The number of hydrogen-bond donors (Lipinski definition) is 1. The van der Waals surface area contributed by atoms with E-state index in [2.05, 4.69) is 0 Å². The second-order valence-corrected chi connectivity index (χ2v) is 8.47. The van der Waals surface area contributed by atoms with Crippen LogP contribution in [0.25, 0.3) is 0 Å². The van der Waals surface area contributed by atoms with Crippen LogP contribution in [0.1, 0.15) is 24.0 Å². The molecule has 1 fully saturated rings. The zero-order valence-electron chi connectivity index (χ0n) is 15.3. The predicted octanol–water partition coefficient (Wildman–Crippen LogP) is 3.76. The van der Waals surface area contributed by atoms with Crippen LogP contribution in [0.3, 0.4) is 0 Å². The Bertz CT molecular complexity index is 1060. The van der Waals surface area contributed by atoms with E-state index in [1.807, 2.05) is 0 Å². The molecule has 0 atom stereocenters. The molecule has 0 aliphatic heterocycles. The summed E-state index contributed by atoms with van der Waals surface area (Å²) in [6, 6.07) is 2.10. The Hall–Kier alpha value is -2.40. The van der Waals surface area contributed by atoms with Gasteiger partial charge in [0, 0.05) is 12.6 Å². The van der Waals surface area contributed by atoms with Gasteiger partial charge in [-0.1, -0.05) is 6.07 Å². The standard InChI is InChI=1S/C18H16F5NO4S/c1-8-5-9(6-11(28-2)17(8)25)7-24(10-3-4-10)29(26,27)18-15(22)13(20)12(19)14(21)16(18)23/h5-6,10,25H,3-4,7H2,1-2H3. The lowest BCUT2D eigenvalue weighted by Gasteiger charge is -2.23. The lowest BCUT2D eigenvalue weighted by Crippen LogP contribution is -2.34. The van der Waals surface area contributed by atoms with Crippen LogP contribution in [-0.4, -0.2) is 31.0 Å². The lowest BCUT2D eigenvalue weighted by molar-refractivity contribution is 0.345. The SMILES string of the molecule is COc1cc(CN(C2CC2)S(=O)(=O)c2c(F)c(F)c(F)c(F)c2F)cc(C)c1O. The van der Waals surface area contributed by atoms with Crippen LogP contribution in [-0.2, 0) is 16.6 Å². The van der Waals surface area contributed by atoms with Gasteiger partial charge >= 0.3 is 0 Å². The normalized spacial score (nSPS) is 14.5. The first kappa shape index (κ1) is 21.3. The molecule has 0 saturated heterocycles. The number of aryl methyl sites for hydroxylation is 1. The number of phenols is 1. The highest BCUT2D eigenvalue weighted by molar-refractivity contribution is 7.89. The Labute approximate surface area is 163 Å². The van der Waals surface area contributed by atoms with Gasteiger partial charge < -0.3 is 9.84 Å². The number of rotatable bonds is 6. The molecule has 158 valence electrons. The molecule has 0 aromatic heterocycles. The van der Waals surface area contributed by atoms with Gasteiger partial charge in [-0.25, -0.2) is 30.4 Å². The van der Waals surface area contributed by atoms with Crippen LogP contribution in [0.5, 0.6) is 11.5 Å². The molecular formula is C18H16F5NO4S. The number of hydrogen-bond acceptors (Lipinski definition) is 4.